The second-order valence-electron chi connectivity index (χ2n) is 9.79. The summed E-state index contributed by atoms with van der Waals surface area (Å²) in [6, 6.07) is 15.8. The summed E-state index contributed by atoms with van der Waals surface area (Å²) in [6.45, 7) is 3.71. The maximum atomic E-state index is 13.3. The van der Waals surface area contributed by atoms with Crippen LogP contribution >= 0.6 is 0 Å². The number of pyridine rings is 1. The summed E-state index contributed by atoms with van der Waals surface area (Å²) >= 11 is 0. The zero-order valence-electron chi connectivity index (χ0n) is 20.6. The molecule has 0 spiro atoms. The number of hydrogen-bond acceptors (Lipinski definition) is 5. The van der Waals surface area contributed by atoms with Crippen LogP contribution < -0.4 is 15.5 Å². The smallest absolute Gasteiger partial charge is 0.384 e. The molecule has 1 saturated carbocycles. The van der Waals surface area contributed by atoms with Gasteiger partial charge < -0.3 is 20.3 Å². The Bertz CT molecular complexity index is 1220. The first kappa shape index (κ1) is 25.3. The second-order valence-corrected chi connectivity index (χ2v) is 9.79. The van der Waals surface area contributed by atoms with Crippen LogP contribution in [0, 0.1) is 5.92 Å². The van der Waals surface area contributed by atoms with Gasteiger partial charge in [0.15, 0.2) is 0 Å². The van der Waals surface area contributed by atoms with Crippen molar-refractivity contribution in [3.8, 4) is 0 Å². The zero-order chi connectivity index (χ0) is 25.8. The Morgan fingerprint density at radius 2 is 1.70 bits per heavy atom. The van der Waals surface area contributed by atoms with E-state index < -0.39 is 11.9 Å². The molecular formula is C28H31F3N4O2. The number of amides is 1. The standard InChI is InChI=1S/C28H31F3N4O2/c29-28(30,31)26-17-25(23-3-1-2-4-24(23)34-26)32-18-19-5-9-21(10-6-19)33-27(36)20-7-11-22(12-8-20)35-13-15-37-16-14-35/h1-4,7-8,11-12,17,19,21H,5-6,9-10,13-16,18H2,(H,32,34)(H,33,36). The van der Waals surface area contributed by atoms with Crippen LogP contribution in [0.2, 0.25) is 0 Å². The third-order valence-corrected chi connectivity index (χ3v) is 7.28. The number of benzene rings is 2. The van der Waals surface area contributed by atoms with Crippen molar-refractivity contribution < 1.29 is 22.7 Å². The summed E-state index contributed by atoms with van der Waals surface area (Å²) in [5.41, 5.74) is 1.62. The summed E-state index contributed by atoms with van der Waals surface area (Å²) in [5, 5.41) is 7.07. The molecule has 2 fully saturated rings. The molecule has 0 unspecified atom stereocenters. The number of hydrogen-bond donors (Lipinski definition) is 2. The summed E-state index contributed by atoms with van der Waals surface area (Å²) in [6.07, 6.45) is -1.03. The number of anilines is 2. The molecule has 5 rings (SSSR count). The molecule has 1 saturated heterocycles. The van der Waals surface area contributed by atoms with Crippen molar-refractivity contribution in [3.63, 3.8) is 0 Å². The molecule has 1 amide bonds. The van der Waals surface area contributed by atoms with E-state index in [1.54, 1.807) is 24.3 Å². The minimum atomic E-state index is -4.50. The number of rotatable bonds is 6. The Balaban J connectivity index is 1.13. The highest BCUT2D eigenvalue weighted by atomic mass is 19.4. The molecule has 196 valence electrons. The average molecular weight is 513 g/mol. The van der Waals surface area contributed by atoms with Crippen molar-refractivity contribution >= 4 is 28.2 Å². The van der Waals surface area contributed by atoms with E-state index in [2.05, 4.69) is 20.5 Å². The van der Waals surface area contributed by atoms with Gasteiger partial charge >= 0.3 is 6.18 Å². The number of carbonyl (C=O) groups is 1. The lowest BCUT2D eigenvalue weighted by atomic mass is 9.85. The van der Waals surface area contributed by atoms with Crippen LogP contribution in [0.3, 0.4) is 0 Å². The van der Waals surface area contributed by atoms with Gasteiger partial charge in [-0.05, 0) is 68.0 Å². The van der Waals surface area contributed by atoms with Crippen molar-refractivity contribution in [2.75, 3.05) is 43.1 Å². The van der Waals surface area contributed by atoms with E-state index in [4.69, 9.17) is 4.74 Å². The fourth-order valence-electron chi connectivity index (χ4n) is 5.15. The molecule has 1 aliphatic heterocycles. The Morgan fingerprint density at radius 3 is 2.41 bits per heavy atom. The first-order valence-corrected chi connectivity index (χ1v) is 12.8. The maximum Gasteiger partial charge on any atom is 0.433 e. The number of fused-ring (bicyclic) bond motifs is 1. The Kier molecular flexibility index (Phi) is 7.50. The molecule has 9 heteroatoms. The molecule has 0 radical (unpaired) electrons. The highest BCUT2D eigenvalue weighted by molar-refractivity contribution is 5.94. The Morgan fingerprint density at radius 1 is 1.00 bits per heavy atom. The number of para-hydroxylation sites is 1. The van der Waals surface area contributed by atoms with E-state index >= 15 is 0 Å². The predicted octanol–water partition coefficient (Wildman–Crippen LogP) is 5.49. The van der Waals surface area contributed by atoms with Gasteiger partial charge in [-0.1, -0.05) is 18.2 Å². The number of morpholine rings is 1. The lowest BCUT2D eigenvalue weighted by molar-refractivity contribution is -0.140. The Hall–Kier alpha value is -3.33. The van der Waals surface area contributed by atoms with Crippen LogP contribution in [0.25, 0.3) is 10.9 Å². The maximum absolute atomic E-state index is 13.3. The van der Waals surface area contributed by atoms with Gasteiger partial charge in [-0.3, -0.25) is 4.79 Å². The number of alkyl halides is 3. The first-order chi connectivity index (χ1) is 17.9. The van der Waals surface area contributed by atoms with Crippen molar-refractivity contribution in [3.05, 3.63) is 65.9 Å². The predicted molar refractivity (Wildman–Crippen MR) is 138 cm³/mol. The van der Waals surface area contributed by atoms with Crippen molar-refractivity contribution in [1.29, 1.82) is 0 Å². The molecule has 37 heavy (non-hydrogen) atoms. The Labute approximate surface area is 214 Å². The topological polar surface area (TPSA) is 66.5 Å². The molecule has 1 aliphatic carbocycles. The monoisotopic (exact) mass is 512 g/mol. The van der Waals surface area contributed by atoms with Crippen LogP contribution in [-0.2, 0) is 10.9 Å². The van der Waals surface area contributed by atoms with Gasteiger partial charge in [0.1, 0.15) is 5.69 Å². The zero-order valence-corrected chi connectivity index (χ0v) is 20.6. The van der Waals surface area contributed by atoms with E-state index in [-0.39, 0.29) is 11.9 Å². The van der Waals surface area contributed by atoms with Gasteiger partial charge in [0.25, 0.3) is 5.91 Å². The van der Waals surface area contributed by atoms with Crippen LogP contribution in [0.5, 0.6) is 0 Å². The number of halogens is 3. The summed E-state index contributed by atoms with van der Waals surface area (Å²) in [5.74, 6) is 0.250. The highest BCUT2D eigenvalue weighted by Crippen LogP contribution is 2.34. The average Bonchev–Trinajstić information content (AvgIpc) is 2.92. The fraction of sp³-hybridized carbons (Fsp3) is 0.429. The normalized spacial score (nSPS) is 20.6. The fourth-order valence-corrected chi connectivity index (χ4v) is 5.15. The van der Waals surface area contributed by atoms with Gasteiger partial charge in [-0.2, -0.15) is 13.2 Å². The number of nitrogens with zero attached hydrogens (tertiary/aromatic N) is 2. The van der Waals surface area contributed by atoms with Crippen molar-refractivity contribution in [2.24, 2.45) is 5.92 Å². The molecular weight excluding hydrogens is 481 g/mol. The molecule has 2 aromatic carbocycles. The largest absolute Gasteiger partial charge is 0.433 e. The molecule has 0 atom stereocenters. The summed E-state index contributed by atoms with van der Waals surface area (Å²) < 4.78 is 45.4. The van der Waals surface area contributed by atoms with Gasteiger partial charge in [0.05, 0.1) is 18.7 Å². The minimum Gasteiger partial charge on any atom is -0.384 e. The van der Waals surface area contributed by atoms with Crippen LogP contribution in [0.4, 0.5) is 24.5 Å². The van der Waals surface area contributed by atoms with Crippen LogP contribution in [0.1, 0.15) is 41.7 Å². The van der Waals surface area contributed by atoms with E-state index in [1.807, 2.05) is 24.3 Å². The quantitative estimate of drug-likeness (QED) is 0.457. The minimum absolute atomic E-state index is 0.0713. The molecule has 2 N–H and O–H groups in total. The lowest BCUT2D eigenvalue weighted by Gasteiger charge is -2.30. The van der Waals surface area contributed by atoms with Crippen LogP contribution in [-0.4, -0.2) is 49.8 Å². The van der Waals surface area contributed by atoms with Gasteiger partial charge in [-0.25, -0.2) is 4.98 Å². The summed E-state index contributed by atoms with van der Waals surface area (Å²) in [7, 11) is 0. The third kappa shape index (κ3) is 6.15. The molecule has 6 nitrogen and oxygen atoms in total. The van der Waals surface area contributed by atoms with Crippen LogP contribution in [0.15, 0.2) is 54.6 Å². The van der Waals surface area contributed by atoms with E-state index in [1.165, 1.54) is 0 Å². The highest BCUT2D eigenvalue weighted by Gasteiger charge is 2.33. The van der Waals surface area contributed by atoms with Gasteiger partial charge in [-0.15, -0.1) is 0 Å². The van der Waals surface area contributed by atoms with Crippen molar-refractivity contribution in [1.82, 2.24) is 10.3 Å². The second kappa shape index (κ2) is 11.0. The number of carbonyl (C=O) groups excluding carboxylic acids is 1. The van der Waals surface area contributed by atoms with E-state index in [0.717, 1.165) is 50.5 Å². The number of nitrogens with one attached hydrogen (secondary N) is 2. The summed E-state index contributed by atoms with van der Waals surface area (Å²) in [4.78, 5) is 18.8. The lowest BCUT2D eigenvalue weighted by Crippen LogP contribution is -2.38. The molecule has 3 aromatic rings. The third-order valence-electron chi connectivity index (χ3n) is 7.28. The molecule has 2 aliphatic rings. The molecule has 2 heterocycles. The van der Waals surface area contributed by atoms with Gasteiger partial charge in [0, 0.05) is 48.0 Å². The SMILES string of the molecule is O=C(NC1CCC(CNc2cc(C(F)(F)F)nc3ccccc23)CC1)c1ccc(N2CCOCC2)cc1. The van der Waals surface area contributed by atoms with E-state index in [9.17, 15) is 18.0 Å². The van der Waals surface area contributed by atoms with E-state index in [0.29, 0.717) is 47.8 Å². The number of ether oxygens (including phenoxy) is 1. The molecule has 1 aromatic heterocycles. The van der Waals surface area contributed by atoms with Gasteiger partial charge in [0.2, 0.25) is 0 Å². The number of aromatic nitrogens is 1. The molecule has 0 bridgehead atoms. The first-order valence-electron chi connectivity index (χ1n) is 12.8. The van der Waals surface area contributed by atoms with Crippen molar-refractivity contribution in [2.45, 2.75) is 37.9 Å².